The number of hydrogen-bond acceptors (Lipinski definition) is 0. The van der Waals surface area contributed by atoms with Gasteiger partial charge in [0.15, 0.2) is 0 Å². The molecule has 0 atom stereocenters. The molecule has 0 heteroatoms. The van der Waals surface area contributed by atoms with Crippen LogP contribution in [0.4, 0.5) is 0 Å². The number of rotatable bonds is 0. The van der Waals surface area contributed by atoms with Crippen LogP contribution in [-0.2, 0) is 0 Å². The molecule has 4 aliphatic carbocycles. The minimum atomic E-state index is 1.08. The van der Waals surface area contributed by atoms with Crippen molar-refractivity contribution in [2.24, 2.45) is 35.5 Å². The van der Waals surface area contributed by atoms with E-state index in [-0.39, 0.29) is 0 Å². The molecule has 0 spiro atoms. The molecule has 2 bridgehead atoms. The average molecular weight is 200 g/mol. The smallest absolute Gasteiger partial charge is 0.0314 e. The predicted molar refractivity (Wildman–Crippen MR) is 62.3 cm³/mol. The minimum absolute atomic E-state index is 1.08. The van der Waals surface area contributed by atoms with Gasteiger partial charge in [-0.15, -0.1) is 0 Å². The van der Waals surface area contributed by atoms with Crippen LogP contribution in [0, 0.1) is 35.5 Å². The Morgan fingerprint density at radius 1 is 0.467 bits per heavy atom. The summed E-state index contributed by atoms with van der Waals surface area (Å²) in [5, 5.41) is 0. The van der Waals surface area contributed by atoms with Crippen molar-refractivity contribution in [2.45, 2.75) is 32.1 Å². The summed E-state index contributed by atoms with van der Waals surface area (Å²) >= 11 is 0. The summed E-state index contributed by atoms with van der Waals surface area (Å²) in [5.41, 5.74) is 0. The summed E-state index contributed by atoms with van der Waals surface area (Å²) in [6, 6.07) is 0. The van der Waals surface area contributed by atoms with Gasteiger partial charge in [-0.1, -0.05) is 24.3 Å². The van der Waals surface area contributed by atoms with E-state index >= 15 is 0 Å². The van der Waals surface area contributed by atoms with Crippen molar-refractivity contribution in [3.05, 3.63) is 24.3 Å². The lowest BCUT2D eigenvalue weighted by molar-refractivity contribution is 0.0916. The molecule has 0 radical (unpaired) electrons. The van der Waals surface area contributed by atoms with Gasteiger partial charge in [0.1, 0.15) is 0 Å². The maximum atomic E-state index is 2.45. The molecule has 80 valence electrons. The van der Waals surface area contributed by atoms with Crippen LogP contribution in [0.1, 0.15) is 32.1 Å². The molecule has 0 aromatic heterocycles. The van der Waals surface area contributed by atoms with Gasteiger partial charge in [-0.05, 0) is 67.6 Å². The lowest BCUT2D eigenvalue weighted by Gasteiger charge is -2.43. The van der Waals surface area contributed by atoms with Crippen molar-refractivity contribution in [1.82, 2.24) is 0 Å². The molecule has 4 aliphatic rings. The van der Waals surface area contributed by atoms with Crippen LogP contribution < -0.4 is 0 Å². The monoisotopic (exact) mass is 200 g/mol. The lowest BCUT2D eigenvalue weighted by Crippen LogP contribution is -2.36. The Labute approximate surface area is 92.4 Å². The second-order valence-electron chi connectivity index (χ2n) is 6.10. The van der Waals surface area contributed by atoms with E-state index in [1.807, 2.05) is 0 Å². The molecule has 2 fully saturated rings. The van der Waals surface area contributed by atoms with E-state index in [1.165, 1.54) is 25.7 Å². The van der Waals surface area contributed by atoms with E-state index in [1.54, 1.807) is 6.42 Å². The normalized spacial score (nSPS) is 55.5. The molecule has 0 nitrogen and oxygen atoms in total. The van der Waals surface area contributed by atoms with Gasteiger partial charge in [-0.25, -0.2) is 0 Å². The second-order valence-corrected chi connectivity index (χ2v) is 6.10. The van der Waals surface area contributed by atoms with Gasteiger partial charge < -0.3 is 0 Å². The van der Waals surface area contributed by atoms with E-state index in [0.717, 1.165) is 35.5 Å². The second kappa shape index (κ2) is 2.99. The molecule has 0 aromatic carbocycles. The van der Waals surface area contributed by atoms with E-state index in [4.69, 9.17) is 0 Å². The fraction of sp³-hybridized carbons (Fsp3) is 0.733. The van der Waals surface area contributed by atoms with Gasteiger partial charge in [0.25, 0.3) is 0 Å². The third-order valence-electron chi connectivity index (χ3n) is 5.81. The van der Waals surface area contributed by atoms with Gasteiger partial charge in [-0.2, -0.15) is 0 Å². The highest BCUT2D eigenvalue weighted by atomic mass is 14.6. The molecule has 0 amide bonds. The molecule has 0 aliphatic heterocycles. The van der Waals surface area contributed by atoms with E-state index in [9.17, 15) is 0 Å². The average Bonchev–Trinajstić information content (AvgIpc) is 2.86. The van der Waals surface area contributed by atoms with Crippen molar-refractivity contribution >= 4 is 0 Å². The first-order valence-corrected chi connectivity index (χ1v) is 6.75. The van der Waals surface area contributed by atoms with Crippen LogP contribution in [-0.4, -0.2) is 0 Å². The maximum absolute atomic E-state index is 2.45. The van der Waals surface area contributed by atoms with Gasteiger partial charge in [0.05, 0.1) is 0 Å². The topological polar surface area (TPSA) is 0 Å². The third-order valence-corrected chi connectivity index (χ3v) is 5.81. The Balaban J connectivity index is 1.69. The van der Waals surface area contributed by atoms with E-state index < -0.39 is 0 Å². The zero-order chi connectivity index (χ0) is 9.83. The summed E-state index contributed by atoms with van der Waals surface area (Å²) < 4.78 is 0. The van der Waals surface area contributed by atoms with Crippen LogP contribution in [0.5, 0.6) is 0 Å². The molecule has 0 aromatic rings. The highest BCUT2D eigenvalue weighted by Gasteiger charge is 2.56. The van der Waals surface area contributed by atoms with Crippen molar-refractivity contribution in [3.63, 3.8) is 0 Å². The fourth-order valence-corrected chi connectivity index (χ4v) is 5.33. The van der Waals surface area contributed by atoms with Crippen molar-refractivity contribution < 1.29 is 0 Å². The summed E-state index contributed by atoms with van der Waals surface area (Å²) in [6.45, 7) is 0. The first-order valence-electron chi connectivity index (χ1n) is 6.75. The summed E-state index contributed by atoms with van der Waals surface area (Å²) in [6.07, 6.45) is 17.0. The van der Waals surface area contributed by atoms with E-state index in [0.29, 0.717) is 0 Å². The molecule has 15 heavy (non-hydrogen) atoms. The van der Waals surface area contributed by atoms with Crippen LogP contribution in [0.3, 0.4) is 0 Å². The third kappa shape index (κ3) is 1.03. The zero-order valence-electron chi connectivity index (χ0n) is 9.31. The van der Waals surface area contributed by atoms with Crippen LogP contribution in [0.25, 0.3) is 0 Å². The summed E-state index contributed by atoms with van der Waals surface area (Å²) in [7, 11) is 0. The SMILES string of the molecule is C1=CCC2C(C1)C1CC2C2CC=CCC21. The number of allylic oxidation sites excluding steroid dienone is 4. The van der Waals surface area contributed by atoms with Crippen molar-refractivity contribution in [1.29, 1.82) is 0 Å². The molecular formula is C15H20. The Morgan fingerprint density at radius 2 is 0.800 bits per heavy atom. The Bertz CT molecular complexity index is 265. The molecule has 0 N–H and O–H groups in total. The Morgan fingerprint density at radius 3 is 1.13 bits per heavy atom. The molecule has 2 saturated carbocycles. The largest absolute Gasteiger partial charge is 0.0882 e. The number of fused-ring (bicyclic) bond motifs is 8. The van der Waals surface area contributed by atoms with Gasteiger partial charge in [0, 0.05) is 0 Å². The predicted octanol–water partition coefficient (Wildman–Crippen LogP) is 3.80. The number of hydrogen-bond donors (Lipinski definition) is 0. The standard InChI is InChI=1S/C15H20/c1-2-6-11-10(5-1)14-9-15(11)13-8-4-3-7-12(13)14/h1-4,10-15H,5-9H2. The molecule has 0 heterocycles. The van der Waals surface area contributed by atoms with Gasteiger partial charge >= 0.3 is 0 Å². The van der Waals surface area contributed by atoms with Gasteiger partial charge in [0.2, 0.25) is 0 Å². The van der Waals surface area contributed by atoms with Crippen molar-refractivity contribution in [3.8, 4) is 0 Å². The maximum Gasteiger partial charge on any atom is -0.0314 e. The van der Waals surface area contributed by atoms with Crippen LogP contribution in [0.2, 0.25) is 0 Å². The molecule has 0 unspecified atom stereocenters. The Hall–Kier alpha value is -0.520. The highest BCUT2D eigenvalue weighted by Crippen LogP contribution is 2.63. The van der Waals surface area contributed by atoms with Gasteiger partial charge in [-0.3, -0.25) is 0 Å². The minimum Gasteiger partial charge on any atom is -0.0882 e. The summed E-state index contributed by atoms with van der Waals surface area (Å²) in [5.74, 6) is 6.50. The van der Waals surface area contributed by atoms with Crippen LogP contribution >= 0.6 is 0 Å². The highest BCUT2D eigenvalue weighted by molar-refractivity contribution is 5.14. The Kier molecular flexibility index (Phi) is 1.72. The zero-order valence-corrected chi connectivity index (χ0v) is 9.31. The molecular weight excluding hydrogens is 180 g/mol. The molecule has 4 rings (SSSR count). The first kappa shape index (κ1) is 8.61. The fourth-order valence-electron chi connectivity index (χ4n) is 5.33. The summed E-state index contributed by atoms with van der Waals surface area (Å²) in [4.78, 5) is 0. The lowest BCUT2D eigenvalue weighted by atomic mass is 9.62. The quantitative estimate of drug-likeness (QED) is 0.522. The first-order chi connectivity index (χ1) is 7.45. The van der Waals surface area contributed by atoms with E-state index in [2.05, 4.69) is 24.3 Å². The van der Waals surface area contributed by atoms with Crippen LogP contribution in [0.15, 0.2) is 24.3 Å². The molecule has 0 saturated heterocycles. The van der Waals surface area contributed by atoms with Crippen molar-refractivity contribution in [2.75, 3.05) is 0 Å².